The van der Waals surface area contributed by atoms with Crippen molar-refractivity contribution in [1.29, 1.82) is 0 Å². The third-order valence-electron chi connectivity index (χ3n) is 4.77. The van der Waals surface area contributed by atoms with E-state index in [9.17, 15) is 0 Å². The average molecular weight is 392 g/mol. The van der Waals surface area contributed by atoms with Crippen LogP contribution in [0, 0.1) is 0 Å². The van der Waals surface area contributed by atoms with Crippen molar-refractivity contribution in [1.82, 2.24) is 0 Å². The summed E-state index contributed by atoms with van der Waals surface area (Å²) in [4.78, 5) is 0. The SMILES string of the molecule is COc1ccccc1-c1cccc(-c2ccccc2OC)c1CPC(C)(C)C. The van der Waals surface area contributed by atoms with Gasteiger partial charge in [-0.15, -0.1) is 8.58 Å². The van der Waals surface area contributed by atoms with E-state index in [1.807, 2.05) is 24.3 Å². The lowest BCUT2D eigenvalue weighted by Gasteiger charge is -2.23. The van der Waals surface area contributed by atoms with E-state index in [0.29, 0.717) is 0 Å². The largest absolute Gasteiger partial charge is 0.496 e. The molecular weight excluding hydrogens is 363 g/mol. The van der Waals surface area contributed by atoms with Crippen molar-refractivity contribution in [2.75, 3.05) is 14.2 Å². The van der Waals surface area contributed by atoms with E-state index < -0.39 is 0 Å². The predicted octanol–water partition coefficient (Wildman–Crippen LogP) is 7.01. The van der Waals surface area contributed by atoms with Gasteiger partial charge >= 0.3 is 0 Å². The summed E-state index contributed by atoms with van der Waals surface area (Å²) in [5.41, 5.74) is 6.09. The Labute approximate surface area is 170 Å². The highest BCUT2D eigenvalue weighted by atomic mass is 31.1. The van der Waals surface area contributed by atoms with Gasteiger partial charge in [-0.1, -0.05) is 75.4 Å². The predicted molar refractivity (Wildman–Crippen MR) is 122 cm³/mol. The van der Waals surface area contributed by atoms with Gasteiger partial charge < -0.3 is 9.47 Å². The lowest BCUT2D eigenvalue weighted by Crippen LogP contribution is -2.06. The van der Waals surface area contributed by atoms with Crippen molar-refractivity contribution < 1.29 is 9.47 Å². The number of benzene rings is 3. The zero-order valence-corrected chi connectivity index (χ0v) is 18.4. The molecule has 0 aliphatic heterocycles. The first kappa shape index (κ1) is 20.4. The molecular formula is C25H29O2P. The van der Waals surface area contributed by atoms with Crippen molar-refractivity contribution in [3.05, 3.63) is 72.3 Å². The zero-order valence-electron chi connectivity index (χ0n) is 17.4. The number of ether oxygens (including phenoxy) is 2. The van der Waals surface area contributed by atoms with Crippen molar-refractivity contribution in [3.63, 3.8) is 0 Å². The molecule has 0 saturated carbocycles. The van der Waals surface area contributed by atoms with E-state index in [4.69, 9.17) is 9.47 Å². The van der Waals surface area contributed by atoms with Crippen LogP contribution < -0.4 is 9.47 Å². The van der Waals surface area contributed by atoms with Crippen LogP contribution in [0.2, 0.25) is 0 Å². The minimum atomic E-state index is 0.284. The summed E-state index contributed by atoms with van der Waals surface area (Å²) in [5, 5.41) is 0.284. The normalized spacial score (nSPS) is 11.8. The maximum atomic E-state index is 5.67. The first-order chi connectivity index (χ1) is 13.4. The summed E-state index contributed by atoms with van der Waals surface area (Å²) in [5.74, 6) is 1.81. The third kappa shape index (κ3) is 4.56. The molecule has 0 radical (unpaired) electrons. The second-order valence-electron chi connectivity index (χ2n) is 7.84. The molecule has 0 aliphatic rings. The van der Waals surface area contributed by atoms with Gasteiger partial charge in [0.05, 0.1) is 14.2 Å². The third-order valence-corrected chi connectivity index (χ3v) is 6.36. The Kier molecular flexibility index (Phi) is 6.42. The van der Waals surface area contributed by atoms with E-state index in [0.717, 1.165) is 37.4 Å². The fourth-order valence-corrected chi connectivity index (χ4v) is 4.46. The van der Waals surface area contributed by atoms with E-state index in [1.54, 1.807) is 14.2 Å². The van der Waals surface area contributed by atoms with Gasteiger partial charge in [-0.3, -0.25) is 0 Å². The van der Waals surface area contributed by atoms with Gasteiger partial charge in [-0.2, -0.15) is 0 Å². The van der Waals surface area contributed by atoms with E-state index >= 15 is 0 Å². The first-order valence-electron chi connectivity index (χ1n) is 9.58. The number of para-hydroxylation sites is 2. The molecule has 3 heteroatoms. The quantitative estimate of drug-likeness (QED) is 0.420. The van der Waals surface area contributed by atoms with Gasteiger partial charge in [0, 0.05) is 11.1 Å². The number of hydrogen-bond acceptors (Lipinski definition) is 2. The van der Waals surface area contributed by atoms with Crippen LogP contribution in [0.4, 0.5) is 0 Å². The minimum absolute atomic E-state index is 0.284. The molecule has 0 amide bonds. The van der Waals surface area contributed by atoms with Crippen LogP contribution in [0.25, 0.3) is 22.3 Å². The van der Waals surface area contributed by atoms with Crippen LogP contribution in [0.5, 0.6) is 11.5 Å². The van der Waals surface area contributed by atoms with Crippen molar-refractivity contribution in [3.8, 4) is 33.8 Å². The fraction of sp³-hybridized carbons (Fsp3) is 0.280. The van der Waals surface area contributed by atoms with Crippen LogP contribution in [0.15, 0.2) is 66.7 Å². The molecule has 0 spiro atoms. The molecule has 0 saturated heterocycles. The Morgan fingerprint density at radius 3 is 1.50 bits per heavy atom. The lowest BCUT2D eigenvalue weighted by molar-refractivity contribution is 0.416. The zero-order chi connectivity index (χ0) is 20.1. The highest BCUT2D eigenvalue weighted by molar-refractivity contribution is 7.39. The molecule has 146 valence electrons. The molecule has 0 N–H and O–H groups in total. The fourth-order valence-electron chi connectivity index (χ4n) is 3.37. The molecule has 0 aromatic heterocycles. The number of rotatable bonds is 6. The van der Waals surface area contributed by atoms with Crippen LogP contribution in [-0.4, -0.2) is 19.4 Å². The summed E-state index contributed by atoms with van der Waals surface area (Å²) >= 11 is 0. The molecule has 0 heterocycles. The van der Waals surface area contributed by atoms with Crippen molar-refractivity contribution >= 4 is 8.58 Å². The smallest absolute Gasteiger partial charge is 0.126 e. The summed E-state index contributed by atoms with van der Waals surface area (Å²) in [7, 11) is 4.29. The molecule has 2 nitrogen and oxygen atoms in total. The Morgan fingerprint density at radius 1 is 0.643 bits per heavy atom. The number of methoxy groups -OCH3 is 2. The molecule has 1 atom stereocenters. The highest BCUT2D eigenvalue weighted by Gasteiger charge is 2.19. The number of hydrogen-bond donors (Lipinski definition) is 0. The maximum absolute atomic E-state index is 5.67. The van der Waals surface area contributed by atoms with Gasteiger partial charge in [0.1, 0.15) is 11.5 Å². The highest BCUT2D eigenvalue weighted by Crippen LogP contribution is 2.44. The minimum Gasteiger partial charge on any atom is -0.496 e. The van der Waals surface area contributed by atoms with Crippen LogP contribution in [-0.2, 0) is 6.16 Å². The molecule has 1 unspecified atom stereocenters. The Morgan fingerprint density at radius 2 is 1.07 bits per heavy atom. The van der Waals surface area contributed by atoms with Gasteiger partial charge in [0.15, 0.2) is 0 Å². The Bertz CT molecular complexity index is 876. The monoisotopic (exact) mass is 392 g/mol. The first-order valence-corrected chi connectivity index (χ1v) is 10.8. The van der Waals surface area contributed by atoms with Crippen molar-refractivity contribution in [2.24, 2.45) is 0 Å². The average Bonchev–Trinajstić information content (AvgIpc) is 2.71. The van der Waals surface area contributed by atoms with E-state index in [2.05, 4.69) is 63.2 Å². The summed E-state index contributed by atoms with van der Waals surface area (Å²) in [6, 6.07) is 23.1. The Balaban J connectivity index is 2.23. The maximum Gasteiger partial charge on any atom is 0.126 e. The summed E-state index contributed by atoms with van der Waals surface area (Å²) in [6.45, 7) is 6.92. The topological polar surface area (TPSA) is 18.5 Å². The van der Waals surface area contributed by atoms with Crippen LogP contribution in [0.3, 0.4) is 0 Å². The van der Waals surface area contributed by atoms with Gasteiger partial charge in [0.2, 0.25) is 0 Å². The second-order valence-corrected chi connectivity index (χ2v) is 10.0. The molecule has 0 fully saturated rings. The molecule has 3 aromatic carbocycles. The van der Waals surface area contributed by atoms with Gasteiger partial charge in [-0.05, 0) is 40.1 Å². The molecule has 0 bridgehead atoms. The summed E-state index contributed by atoms with van der Waals surface area (Å²) in [6.07, 6.45) is 1.02. The van der Waals surface area contributed by atoms with E-state index in [1.165, 1.54) is 16.7 Å². The lowest BCUT2D eigenvalue weighted by atomic mass is 9.92. The summed E-state index contributed by atoms with van der Waals surface area (Å²) < 4.78 is 11.3. The molecule has 3 aromatic rings. The Hall–Kier alpha value is -2.31. The van der Waals surface area contributed by atoms with E-state index in [-0.39, 0.29) is 5.16 Å². The van der Waals surface area contributed by atoms with Crippen molar-refractivity contribution in [2.45, 2.75) is 32.1 Å². The van der Waals surface area contributed by atoms with Gasteiger partial charge in [0.25, 0.3) is 0 Å². The molecule has 0 aliphatic carbocycles. The van der Waals surface area contributed by atoms with Crippen LogP contribution in [0.1, 0.15) is 26.3 Å². The standard InChI is InChI=1S/C25H29O2P/c1-25(2,3)28-17-22-18(20-11-6-8-15-23(20)26-4)13-10-14-19(22)21-12-7-9-16-24(21)27-5/h6-16,28H,17H2,1-5H3. The molecule has 3 rings (SSSR count). The second kappa shape index (κ2) is 8.80. The van der Waals surface area contributed by atoms with Crippen LogP contribution >= 0.6 is 8.58 Å². The molecule has 28 heavy (non-hydrogen) atoms. The van der Waals surface area contributed by atoms with Gasteiger partial charge in [-0.25, -0.2) is 0 Å².